The second-order valence-corrected chi connectivity index (χ2v) is 8.01. The van der Waals surface area contributed by atoms with Crippen LogP contribution in [0.1, 0.15) is 25.1 Å². The Bertz CT molecular complexity index is 953. The molecule has 0 spiro atoms. The number of para-hydroxylation sites is 1. The fourth-order valence-electron chi connectivity index (χ4n) is 3.49. The Morgan fingerprint density at radius 1 is 1.33 bits per heavy atom. The van der Waals surface area contributed by atoms with Crippen molar-refractivity contribution < 1.29 is 9.53 Å². The number of carbonyl (C=O) groups is 1. The fraction of sp³-hybridized carbons (Fsp3) is 0.350. The first kappa shape index (κ1) is 17.9. The van der Waals surface area contributed by atoms with Crippen LogP contribution in [0.2, 0.25) is 0 Å². The van der Waals surface area contributed by atoms with E-state index in [-0.39, 0.29) is 12.0 Å². The standard InChI is InChI=1S/C20H22N4O2S/c1-13-9-15(26-19-7-8-21-18-6-4-3-5-17(18)19)11-24(13)12-16-10-22-20(27-16)23-14(2)25/h3-8,10,13,15H,9,11-12H2,1-2H3,(H,22,23,25)/t13-,15+/m0/s1. The number of thiazole rings is 1. The molecule has 4 rings (SSSR count). The highest BCUT2D eigenvalue weighted by Crippen LogP contribution is 2.30. The molecule has 1 saturated heterocycles. The van der Waals surface area contributed by atoms with Crippen LogP contribution in [0, 0.1) is 0 Å². The van der Waals surface area contributed by atoms with Crippen LogP contribution in [0.4, 0.5) is 5.13 Å². The van der Waals surface area contributed by atoms with Crippen LogP contribution >= 0.6 is 11.3 Å². The lowest BCUT2D eigenvalue weighted by Crippen LogP contribution is -2.27. The van der Waals surface area contributed by atoms with E-state index in [1.54, 1.807) is 6.20 Å². The summed E-state index contributed by atoms with van der Waals surface area (Å²) >= 11 is 1.52. The van der Waals surface area contributed by atoms with Gasteiger partial charge < -0.3 is 10.1 Å². The molecule has 0 saturated carbocycles. The number of pyridine rings is 1. The predicted octanol–water partition coefficient (Wildman–Crippen LogP) is 3.69. The number of nitrogens with one attached hydrogen (secondary N) is 1. The molecule has 1 fully saturated rings. The zero-order chi connectivity index (χ0) is 18.8. The molecule has 6 nitrogen and oxygen atoms in total. The van der Waals surface area contributed by atoms with Crippen LogP contribution in [0.25, 0.3) is 10.9 Å². The fourth-order valence-corrected chi connectivity index (χ4v) is 4.38. The summed E-state index contributed by atoms with van der Waals surface area (Å²) in [6.45, 7) is 5.40. The van der Waals surface area contributed by atoms with Crippen molar-refractivity contribution in [2.45, 2.75) is 39.0 Å². The van der Waals surface area contributed by atoms with Crippen LogP contribution in [-0.4, -0.2) is 39.5 Å². The van der Waals surface area contributed by atoms with E-state index in [2.05, 4.69) is 33.2 Å². The Morgan fingerprint density at radius 2 is 2.19 bits per heavy atom. The number of hydrogen-bond acceptors (Lipinski definition) is 6. The molecule has 0 unspecified atom stereocenters. The topological polar surface area (TPSA) is 67.4 Å². The van der Waals surface area contributed by atoms with Gasteiger partial charge in [-0.1, -0.05) is 12.1 Å². The minimum atomic E-state index is -0.0940. The number of amides is 1. The lowest BCUT2D eigenvalue weighted by Gasteiger charge is -2.19. The number of nitrogens with zero attached hydrogens (tertiary/aromatic N) is 3. The molecule has 27 heavy (non-hydrogen) atoms. The minimum absolute atomic E-state index is 0.0940. The molecular formula is C20H22N4O2S. The summed E-state index contributed by atoms with van der Waals surface area (Å²) < 4.78 is 6.33. The van der Waals surface area contributed by atoms with Crippen molar-refractivity contribution in [1.82, 2.24) is 14.9 Å². The summed E-state index contributed by atoms with van der Waals surface area (Å²) in [7, 11) is 0. The first-order valence-electron chi connectivity index (χ1n) is 9.05. The molecule has 7 heteroatoms. The van der Waals surface area contributed by atoms with Gasteiger partial charge in [0.1, 0.15) is 11.9 Å². The highest BCUT2D eigenvalue weighted by atomic mass is 32.1. The Morgan fingerprint density at radius 3 is 3.04 bits per heavy atom. The number of fused-ring (bicyclic) bond motifs is 1. The van der Waals surface area contributed by atoms with E-state index >= 15 is 0 Å². The van der Waals surface area contributed by atoms with Gasteiger partial charge in [-0.2, -0.15) is 0 Å². The van der Waals surface area contributed by atoms with Gasteiger partial charge in [-0.3, -0.25) is 14.7 Å². The van der Waals surface area contributed by atoms with Crippen molar-refractivity contribution in [2.75, 3.05) is 11.9 Å². The number of aromatic nitrogens is 2. The second-order valence-electron chi connectivity index (χ2n) is 6.89. The van der Waals surface area contributed by atoms with Crippen molar-refractivity contribution in [2.24, 2.45) is 0 Å². The number of ether oxygens (including phenoxy) is 1. The normalized spacial score (nSPS) is 20.1. The van der Waals surface area contributed by atoms with Gasteiger partial charge in [-0.25, -0.2) is 4.98 Å². The summed E-state index contributed by atoms with van der Waals surface area (Å²) in [4.78, 5) is 23.4. The summed E-state index contributed by atoms with van der Waals surface area (Å²) in [6, 6.07) is 10.4. The highest BCUT2D eigenvalue weighted by molar-refractivity contribution is 7.15. The summed E-state index contributed by atoms with van der Waals surface area (Å²) in [5.41, 5.74) is 0.952. The average Bonchev–Trinajstić information content (AvgIpc) is 3.21. The molecule has 0 bridgehead atoms. The van der Waals surface area contributed by atoms with Crippen molar-refractivity contribution >= 4 is 33.3 Å². The maximum atomic E-state index is 11.2. The highest BCUT2D eigenvalue weighted by Gasteiger charge is 2.31. The van der Waals surface area contributed by atoms with Gasteiger partial charge in [0.25, 0.3) is 0 Å². The summed E-state index contributed by atoms with van der Waals surface area (Å²) in [5.74, 6) is 0.800. The maximum absolute atomic E-state index is 11.2. The largest absolute Gasteiger partial charge is 0.488 e. The van der Waals surface area contributed by atoms with Gasteiger partial charge >= 0.3 is 0 Å². The number of hydrogen-bond donors (Lipinski definition) is 1. The molecule has 2 aromatic heterocycles. The van der Waals surface area contributed by atoms with Gasteiger partial charge in [0.05, 0.1) is 5.52 Å². The molecular weight excluding hydrogens is 360 g/mol. The molecule has 1 amide bonds. The van der Waals surface area contributed by atoms with E-state index in [1.165, 1.54) is 18.3 Å². The number of benzene rings is 1. The molecule has 1 aromatic carbocycles. The third-order valence-electron chi connectivity index (χ3n) is 4.76. The predicted molar refractivity (Wildman–Crippen MR) is 107 cm³/mol. The maximum Gasteiger partial charge on any atom is 0.223 e. The van der Waals surface area contributed by atoms with E-state index in [9.17, 15) is 4.79 Å². The first-order valence-corrected chi connectivity index (χ1v) is 9.87. The van der Waals surface area contributed by atoms with Crippen LogP contribution in [-0.2, 0) is 11.3 Å². The van der Waals surface area contributed by atoms with Crippen LogP contribution in [0.3, 0.4) is 0 Å². The Balaban J connectivity index is 1.42. The molecule has 2 atom stereocenters. The summed E-state index contributed by atoms with van der Waals surface area (Å²) in [6.07, 6.45) is 4.77. The number of rotatable bonds is 5. The van der Waals surface area contributed by atoms with Gasteiger partial charge in [0.2, 0.25) is 5.91 Å². The lowest BCUT2D eigenvalue weighted by atomic mass is 10.2. The Hall–Kier alpha value is -2.51. The van der Waals surface area contributed by atoms with E-state index in [0.717, 1.165) is 41.0 Å². The number of likely N-dealkylation sites (tertiary alicyclic amines) is 1. The zero-order valence-corrected chi connectivity index (χ0v) is 16.2. The van der Waals surface area contributed by atoms with E-state index in [1.807, 2.05) is 30.5 Å². The van der Waals surface area contributed by atoms with Crippen molar-refractivity contribution in [1.29, 1.82) is 0 Å². The molecule has 3 aromatic rings. The molecule has 1 aliphatic rings. The van der Waals surface area contributed by atoms with Gasteiger partial charge in [0, 0.05) is 55.1 Å². The smallest absolute Gasteiger partial charge is 0.223 e. The molecule has 1 aliphatic heterocycles. The van der Waals surface area contributed by atoms with E-state index < -0.39 is 0 Å². The number of carbonyl (C=O) groups excluding carboxylic acids is 1. The van der Waals surface area contributed by atoms with Crippen LogP contribution in [0.5, 0.6) is 5.75 Å². The summed E-state index contributed by atoms with van der Waals surface area (Å²) in [5, 5.41) is 4.44. The third-order valence-corrected chi connectivity index (χ3v) is 5.66. The SMILES string of the molecule is CC(=O)Nc1ncc(CN2C[C@H](Oc3ccnc4ccccc34)C[C@@H]2C)s1. The van der Waals surface area contributed by atoms with Crippen molar-refractivity contribution in [3.8, 4) is 5.75 Å². The molecule has 1 N–H and O–H groups in total. The lowest BCUT2D eigenvalue weighted by molar-refractivity contribution is -0.114. The van der Waals surface area contributed by atoms with Crippen molar-refractivity contribution in [3.05, 3.63) is 47.6 Å². The Kier molecular flexibility index (Phi) is 5.05. The minimum Gasteiger partial charge on any atom is -0.488 e. The molecule has 0 radical (unpaired) electrons. The van der Waals surface area contributed by atoms with Crippen LogP contribution in [0.15, 0.2) is 42.7 Å². The molecule has 140 valence electrons. The average molecular weight is 382 g/mol. The monoisotopic (exact) mass is 382 g/mol. The van der Waals surface area contributed by atoms with Crippen molar-refractivity contribution in [3.63, 3.8) is 0 Å². The van der Waals surface area contributed by atoms with Crippen LogP contribution < -0.4 is 10.1 Å². The first-order chi connectivity index (χ1) is 13.1. The van der Waals surface area contributed by atoms with Gasteiger partial charge in [-0.05, 0) is 25.1 Å². The van der Waals surface area contributed by atoms with Gasteiger partial charge in [0.15, 0.2) is 5.13 Å². The van der Waals surface area contributed by atoms with E-state index in [4.69, 9.17) is 4.74 Å². The third kappa shape index (κ3) is 4.09. The molecule has 3 heterocycles. The van der Waals surface area contributed by atoms with E-state index in [0.29, 0.717) is 11.2 Å². The quantitative estimate of drug-likeness (QED) is 0.729. The number of anilines is 1. The molecule has 0 aliphatic carbocycles. The second kappa shape index (κ2) is 7.62. The van der Waals surface area contributed by atoms with Gasteiger partial charge in [-0.15, -0.1) is 11.3 Å². The zero-order valence-electron chi connectivity index (χ0n) is 15.4. The Labute approximate surface area is 162 Å².